The molecule has 45 heavy (non-hydrogen) atoms. The van der Waals surface area contributed by atoms with Crippen molar-refractivity contribution in [3.8, 4) is 17.2 Å². The second-order valence-corrected chi connectivity index (χ2v) is 15.6. The van der Waals surface area contributed by atoms with Crippen molar-refractivity contribution in [2.24, 2.45) is 0 Å². The van der Waals surface area contributed by atoms with Crippen LogP contribution < -0.4 is 44.1 Å². The molecule has 0 aliphatic carbocycles. The van der Waals surface area contributed by atoms with Crippen LogP contribution in [-0.2, 0) is 28.6 Å². The summed E-state index contributed by atoms with van der Waals surface area (Å²) < 4.78 is 66.6. The van der Waals surface area contributed by atoms with Crippen LogP contribution in [0, 0.1) is 0 Å². The van der Waals surface area contributed by atoms with Gasteiger partial charge in [-0.3, -0.25) is 8.37 Å². The predicted molar refractivity (Wildman–Crippen MR) is 182 cm³/mol. The van der Waals surface area contributed by atoms with Gasteiger partial charge in [0.05, 0.1) is 45.9 Å². The zero-order chi connectivity index (χ0) is 33.5. The fourth-order valence-electron chi connectivity index (χ4n) is 3.67. The molecule has 15 heteroatoms. The van der Waals surface area contributed by atoms with E-state index in [0.29, 0.717) is 4.47 Å². The Kier molecular flexibility index (Phi) is 21.7. The van der Waals surface area contributed by atoms with Crippen molar-refractivity contribution in [3.05, 3.63) is 86.2 Å². The SMILES string of the molecule is C[C@@H](C[C@H](C)Oc1ccccc1Br)Oc1ccccc1Br.C[C@H](C[C@H](C)OS(C)(=O)=O)OS(C)(=O)=O.[Na+].[O-]c1ccccc1Br. The quantitative estimate of drug-likeness (QED) is 0.192. The molecule has 0 saturated carbocycles. The van der Waals surface area contributed by atoms with Crippen LogP contribution in [0.2, 0.25) is 0 Å². The first kappa shape index (κ1) is 44.3. The van der Waals surface area contributed by atoms with Gasteiger partial charge in [0.25, 0.3) is 20.2 Å². The molecule has 0 spiro atoms. The fraction of sp³-hybridized carbons (Fsp3) is 0.400. The van der Waals surface area contributed by atoms with Crippen LogP contribution in [0.15, 0.2) is 86.2 Å². The largest absolute Gasteiger partial charge is 1.00 e. The van der Waals surface area contributed by atoms with E-state index in [-0.39, 0.29) is 53.9 Å². The van der Waals surface area contributed by atoms with Crippen LogP contribution in [0.4, 0.5) is 0 Å². The molecule has 0 aliphatic rings. The third-order valence-corrected chi connectivity index (χ3v) is 8.49. The first-order valence-corrected chi connectivity index (χ1v) is 19.4. The summed E-state index contributed by atoms with van der Waals surface area (Å²) in [7, 11) is -7.04. The van der Waals surface area contributed by atoms with E-state index in [1.165, 1.54) is 19.9 Å². The Balaban J connectivity index is 0.000000704. The molecule has 0 amide bonds. The minimum absolute atomic E-state index is 0. The number of halogens is 3. The van der Waals surface area contributed by atoms with Gasteiger partial charge in [-0.05, 0) is 89.9 Å². The Hall–Kier alpha value is -0.680. The van der Waals surface area contributed by atoms with Crippen LogP contribution in [0.3, 0.4) is 0 Å². The average molecular weight is 869 g/mol. The Morgan fingerprint density at radius 1 is 0.578 bits per heavy atom. The molecule has 3 aromatic carbocycles. The van der Waals surface area contributed by atoms with Crippen LogP contribution in [0.25, 0.3) is 0 Å². The summed E-state index contributed by atoms with van der Waals surface area (Å²) >= 11 is 10.1. The Morgan fingerprint density at radius 3 is 1.18 bits per heavy atom. The molecule has 0 radical (unpaired) electrons. The van der Waals surface area contributed by atoms with E-state index in [4.69, 9.17) is 9.47 Å². The van der Waals surface area contributed by atoms with E-state index >= 15 is 0 Å². The number of rotatable bonds is 12. The molecular formula is C30H38Br3NaO9S2. The normalized spacial score (nSPS) is 13.7. The molecule has 0 heterocycles. The third-order valence-electron chi connectivity index (χ3n) is 5.17. The maximum absolute atomic E-state index is 10.7. The van der Waals surface area contributed by atoms with Crippen LogP contribution in [0.5, 0.6) is 17.2 Å². The smallest absolute Gasteiger partial charge is 0.872 e. The molecule has 0 bridgehead atoms. The molecule has 0 N–H and O–H groups in total. The molecule has 0 aliphatic heterocycles. The molecule has 0 fully saturated rings. The summed E-state index contributed by atoms with van der Waals surface area (Å²) in [6.45, 7) is 7.17. The van der Waals surface area contributed by atoms with Crippen molar-refractivity contribution in [3.63, 3.8) is 0 Å². The first-order chi connectivity index (χ1) is 20.4. The maximum Gasteiger partial charge on any atom is 1.00 e. The number of para-hydroxylation sites is 3. The van der Waals surface area contributed by atoms with Gasteiger partial charge in [-0.2, -0.15) is 16.8 Å². The van der Waals surface area contributed by atoms with E-state index < -0.39 is 32.4 Å². The van der Waals surface area contributed by atoms with Gasteiger partial charge in [0, 0.05) is 17.3 Å². The number of hydrogen-bond acceptors (Lipinski definition) is 9. The van der Waals surface area contributed by atoms with Gasteiger partial charge in [0.15, 0.2) is 0 Å². The van der Waals surface area contributed by atoms with Crippen LogP contribution in [-0.4, -0.2) is 53.8 Å². The number of ether oxygens (including phenoxy) is 2. The Bertz CT molecular complexity index is 1400. The summed E-state index contributed by atoms with van der Waals surface area (Å²) in [6.07, 6.45) is 1.77. The van der Waals surface area contributed by atoms with E-state index in [0.717, 1.165) is 39.4 Å². The Morgan fingerprint density at radius 2 is 0.889 bits per heavy atom. The topological polar surface area (TPSA) is 128 Å². The van der Waals surface area contributed by atoms with E-state index in [1.54, 1.807) is 12.1 Å². The van der Waals surface area contributed by atoms with E-state index in [2.05, 4.69) is 70.0 Å². The monoisotopic (exact) mass is 866 g/mol. The Labute approximate surface area is 315 Å². The van der Waals surface area contributed by atoms with Gasteiger partial charge < -0.3 is 14.6 Å². The predicted octanol–water partition coefficient (Wildman–Crippen LogP) is 4.47. The molecule has 9 nitrogen and oxygen atoms in total. The van der Waals surface area contributed by atoms with Gasteiger partial charge in [-0.25, -0.2) is 0 Å². The fourth-order valence-corrected chi connectivity index (χ4v) is 6.06. The summed E-state index contributed by atoms with van der Waals surface area (Å²) in [6, 6.07) is 22.5. The standard InChI is InChI=1S/C17H18Br2O2.C7H16O6S2.C6H5BrO.Na/c1-12(20-16-9-5-3-7-14(16)18)11-13(2)21-17-10-6-4-8-15(17)19;1-6(12-14(3,8)9)5-7(2)13-15(4,10)11;7-5-3-1-2-4-6(5)8;/h3-10,12-13H,11H2,1-2H3;6-7H,5H2,1-4H3;1-4,8H;/q;;;+1/p-1/t12-,13-;6-,7+;;/m0.../s1. The van der Waals surface area contributed by atoms with E-state index in [9.17, 15) is 21.9 Å². The van der Waals surface area contributed by atoms with E-state index in [1.807, 2.05) is 54.6 Å². The minimum atomic E-state index is -3.52. The molecule has 0 unspecified atom stereocenters. The summed E-state index contributed by atoms with van der Waals surface area (Å²) in [4.78, 5) is 0. The van der Waals surface area contributed by atoms with Gasteiger partial charge in [-0.1, -0.05) is 64.1 Å². The van der Waals surface area contributed by atoms with Crippen LogP contribution >= 0.6 is 47.8 Å². The number of hydrogen-bond donors (Lipinski definition) is 0. The zero-order valence-corrected chi connectivity index (χ0v) is 34.7. The molecule has 3 aromatic rings. The van der Waals surface area contributed by atoms with Crippen molar-refractivity contribution < 1.29 is 69.3 Å². The molecule has 0 saturated heterocycles. The van der Waals surface area contributed by atoms with Crippen LogP contribution in [0.1, 0.15) is 40.5 Å². The maximum atomic E-state index is 10.7. The third kappa shape index (κ3) is 21.7. The van der Waals surface area contributed by atoms with Crippen molar-refractivity contribution in [1.82, 2.24) is 0 Å². The molecule has 246 valence electrons. The van der Waals surface area contributed by atoms with Crippen molar-refractivity contribution in [2.45, 2.75) is 65.0 Å². The average Bonchev–Trinajstić information content (AvgIpc) is 2.87. The first-order valence-electron chi connectivity index (χ1n) is 13.4. The van der Waals surface area contributed by atoms with Gasteiger partial charge in [0.1, 0.15) is 11.5 Å². The van der Waals surface area contributed by atoms with Gasteiger partial charge in [-0.15, -0.1) is 0 Å². The van der Waals surface area contributed by atoms with Gasteiger partial charge in [0.2, 0.25) is 0 Å². The molecule has 3 rings (SSSR count). The van der Waals surface area contributed by atoms with Crippen molar-refractivity contribution in [1.29, 1.82) is 0 Å². The second kappa shape index (κ2) is 22.0. The zero-order valence-electron chi connectivity index (χ0n) is 26.3. The minimum Gasteiger partial charge on any atom is -0.872 e. The second-order valence-electron chi connectivity index (χ2n) is 9.84. The summed E-state index contributed by atoms with van der Waals surface area (Å²) in [5.74, 6) is 1.75. The van der Waals surface area contributed by atoms with Gasteiger partial charge >= 0.3 is 29.6 Å². The molecule has 4 atom stereocenters. The summed E-state index contributed by atoms with van der Waals surface area (Å²) in [5.41, 5.74) is 0. The van der Waals surface area contributed by atoms with Crippen molar-refractivity contribution in [2.75, 3.05) is 12.5 Å². The summed E-state index contributed by atoms with van der Waals surface area (Å²) in [5, 5.41) is 10.6. The molecule has 0 aromatic heterocycles. The number of benzene rings is 3. The van der Waals surface area contributed by atoms with Crippen molar-refractivity contribution >= 4 is 68.0 Å². The molecular weight excluding hydrogens is 831 g/mol.